The van der Waals surface area contributed by atoms with E-state index in [4.69, 9.17) is 0 Å². The molecule has 0 fully saturated rings. The van der Waals surface area contributed by atoms with Crippen LogP contribution < -0.4 is 5.32 Å². The normalized spacial score (nSPS) is 15.4. The Labute approximate surface area is 137 Å². The fraction of sp³-hybridized carbons (Fsp3) is 0.529. The van der Waals surface area contributed by atoms with Crippen LogP contribution in [-0.4, -0.2) is 32.4 Å². The minimum Gasteiger partial charge on any atom is -0.352 e. The summed E-state index contributed by atoms with van der Waals surface area (Å²) in [5.74, 6) is -1.19. The van der Waals surface area contributed by atoms with Crippen molar-refractivity contribution < 1.29 is 18.0 Å². The Kier molecular flexibility index (Phi) is 5.93. The van der Waals surface area contributed by atoms with Crippen LogP contribution in [0, 0.1) is 0 Å². The number of unbranched alkanes of at least 4 members (excludes halogenated alkanes) is 5. The summed E-state index contributed by atoms with van der Waals surface area (Å²) in [5.41, 5.74) is 0.477. The van der Waals surface area contributed by atoms with Gasteiger partial charge < -0.3 is 5.32 Å². The van der Waals surface area contributed by atoms with E-state index in [9.17, 15) is 18.0 Å². The average Bonchev–Trinajstić information content (AvgIpc) is 2.75. The van der Waals surface area contributed by atoms with Crippen molar-refractivity contribution in [3.05, 3.63) is 29.3 Å². The third-order valence-corrected chi connectivity index (χ3v) is 5.67. The second kappa shape index (κ2) is 7.73. The van der Waals surface area contributed by atoms with Gasteiger partial charge in [0.05, 0.1) is 4.90 Å². The Balaban J connectivity index is 1.88. The number of nitrogens with one attached hydrogen (secondary N) is 1. The molecule has 2 rings (SSSR count). The number of benzene rings is 1. The molecular weight excluding hydrogens is 314 g/mol. The van der Waals surface area contributed by atoms with Gasteiger partial charge in [0.1, 0.15) is 5.75 Å². The van der Waals surface area contributed by atoms with Gasteiger partial charge in [0.25, 0.3) is 5.91 Å². The highest BCUT2D eigenvalue weighted by Gasteiger charge is 2.33. The number of amides is 1. The molecule has 1 aromatic rings. The molecule has 23 heavy (non-hydrogen) atoms. The highest BCUT2D eigenvalue weighted by molar-refractivity contribution is 7.92. The molecule has 0 aliphatic carbocycles. The maximum Gasteiger partial charge on any atom is 0.251 e. The molecule has 6 heteroatoms. The molecule has 0 aromatic heterocycles. The summed E-state index contributed by atoms with van der Waals surface area (Å²) in [6, 6.07) is 4.25. The second-order valence-corrected chi connectivity index (χ2v) is 7.87. The Hall–Kier alpha value is -1.69. The predicted molar refractivity (Wildman–Crippen MR) is 88.5 cm³/mol. The van der Waals surface area contributed by atoms with Gasteiger partial charge in [-0.3, -0.25) is 9.59 Å². The number of rotatable bonds is 8. The number of ketones is 1. The van der Waals surface area contributed by atoms with Crippen molar-refractivity contribution in [3.63, 3.8) is 0 Å². The molecule has 0 radical (unpaired) electrons. The molecular formula is C17H23NO4S. The van der Waals surface area contributed by atoms with Gasteiger partial charge in [-0.15, -0.1) is 0 Å². The predicted octanol–water partition coefficient (Wildman–Crippen LogP) is 2.75. The largest absolute Gasteiger partial charge is 0.352 e. The molecule has 0 spiro atoms. The molecule has 0 atom stereocenters. The SMILES string of the molecule is CCCCCCCCNC(=O)c1ccc2c(c1)S(=O)(=O)CC2=O. The van der Waals surface area contributed by atoms with E-state index in [1.54, 1.807) is 0 Å². The zero-order valence-electron chi connectivity index (χ0n) is 13.4. The van der Waals surface area contributed by atoms with Crippen LogP contribution in [0.15, 0.2) is 23.1 Å². The van der Waals surface area contributed by atoms with Crippen LogP contribution in [0.3, 0.4) is 0 Å². The molecule has 1 heterocycles. The summed E-state index contributed by atoms with van der Waals surface area (Å²) < 4.78 is 23.7. The number of fused-ring (bicyclic) bond motifs is 1. The summed E-state index contributed by atoms with van der Waals surface area (Å²) in [7, 11) is -3.58. The van der Waals surface area contributed by atoms with Crippen molar-refractivity contribution in [1.29, 1.82) is 0 Å². The molecule has 0 bridgehead atoms. The van der Waals surface area contributed by atoms with Crippen molar-refractivity contribution in [2.24, 2.45) is 0 Å². The fourth-order valence-corrected chi connectivity index (χ4v) is 4.17. The van der Waals surface area contributed by atoms with Gasteiger partial charge in [0.2, 0.25) is 0 Å². The summed E-state index contributed by atoms with van der Waals surface area (Å²) >= 11 is 0. The monoisotopic (exact) mass is 337 g/mol. The van der Waals surface area contributed by atoms with Crippen LogP contribution >= 0.6 is 0 Å². The lowest BCUT2D eigenvalue weighted by molar-refractivity contribution is 0.0950. The number of carbonyl (C=O) groups excluding carboxylic acids is 2. The van der Waals surface area contributed by atoms with E-state index in [-0.39, 0.29) is 21.9 Å². The topological polar surface area (TPSA) is 80.3 Å². The van der Waals surface area contributed by atoms with Gasteiger partial charge in [0, 0.05) is 17.7 Å². The molecule has 1 aromatic carbocycles. The van der Waals surface area contributed by atoms with Gasteiger partial charge in [-0.1, -0.05) is 39.0 Å². The first-order chi connectivity index (χ1) is 11.0. The molecule has 126 valence electrons. The van der Waals surface area contributed by atoms with Gasteiger partial charge >= 0.3 is 0 Å². The summed E-state index contributed by atoms with van der Waals surface area (Å²) in [4.78, 5) is 23.7. The van der Waals surface area contributed by atoms with Crippen molar-refractivity contribution >= 4 is 21.5 Å². The summed E-state index contributed by atoms with van der Waals surface area (Å²) in [5, 5.41) is 2.80. The van der Waals surface area contributed by atoms with Crippen LogP contribution in [-0.2, 0) is 9.84 Å². The molecule has 1 aliphatic heterocycles. The van der Waals surface area contributed by atoms with Crippen molar-refractivity contribution in [1.82, 2.24) is 5.32 Å². The standard InChI is InChI=1S/C17H23NO4S/c1-2-3-4-5-6-7-10-18-17(20)13-8-9-14-15(19)12-23(21,22)16(14)11-13/h8-9,11H,2-7,10,12H2,1H3,(H,18,20). The van der Waals surface area contributed by atoms with Crippen LogP contribution in [0.1, 0.15) is 66.2 Å². The molecule has 0 saturated carbocycles. The van der Waals surface area contributed by atoms with E-state index >= 15 is 0 Å². The summed E-state index contributed by atoms with van der Waals surface area (Å²) in [6.07, 6.45) is 6.84. The molecule has 1 amide bonds. The van der Waals surface area contributed by atoms with E-state index in [1.165, 1.54) is 43.9 Å². The maximum atomic E-state index is 12.1. The number of hydrogen-bond acceptors (Lipinski definition) is 4. The lowest BCUT2D eigenvalue weighted by Crippen LogP contribution is -2.24. The minimum atomic E-state index is -3.58. The second-order valence-electron chi connectivity index (χ2n) is 5.92. The minimum absolute atomic E-state index is 0.0188. The highest BCUT2D eigenvalue weighted by Crippen LogP contribution is 2.26. The third-order valence-electron chi connectivity index (χ3n) is 4.02. The number of carbonyl (C=O) groups is 2. The molecule has 1 N–H and O–H groups in total. The third kappa shape index (κ3) is 4.41. The lowest BCUT2D eigenvalue weighted by atomic mass is 10.1. The molecule has 0 unspecified atom stereocenters. The molecule has 5 nitrogen and oxygen atoms in total. The fourth-order valence-electron chi connectivity index (χ4n) is 2.69. The van der Waals surface area contributed by atoms with Crippen molar-refractivity contribution in [2.75, 3.05) is 12.3 Å². The lowest BCUT2D eigenvalue weighted by Gasteiger charge is -2.06. The van der Waals surface area contributed by atoms with Gasteiger partial charge in [-0.25, -0.2) is 8.42 Å². The van der Waals surface area contributed by atoms with E-state index in [0.717, 1.165) is 12.8 Å². The van der Waals surface area contributed by atoms with Gasteiger partial charge in [-0.2, -0.15) is 0 Å². The van der Waals surface area contributed by atoms with Crippen molar-refractivity contribution in [3.8, 4) is 0 Å². The van der Waals surface area contributed by atoms with Crippen LogP contribution in [0.25, 0.3) is 0 Å². The molecule has 1 aliphatic rings. The number of sulfone groups is 1. The average molecular weight is 337 g/mol. The number of Topliss-reactive ketones (excluding diaryl/α,β-unsaturated/α-hetero) is 1. The van der Waals surface area contributed by atoms with Crippen LogP contribution in [0.4, 0.5) is 0 Å². The zero-order chi connectivity index (χ0) is 16.9. The van der Waals surface area contributed by atoms with Crippen LogP contribution in [0.2, 0.25) is 0 Å². The van der Waals surface area contributed by atoms with E-state index in [0.29, 0.717) is 6.54 Å². The number of hydrogen-bond donors (Lipinski definition) is 1. The van der Waals surface area contributed by atoms with E-state index < -0.39 is 21.4 Å². The first-order valence-electron chi connectivity index (χ1n) is 8.14. The zero-order valence-corrected chi connectivity index (χ0v) is 14.2. The Morgan fingerprint density at radius 2 is 1.83 bits per heavy atom. The summed E-state index contributed by atoms with van der Waals surface area (Å²) in [6.45, 7) is 2.75. The van der Waals surface area contributed by atoms with Crippen molar-refractivity contribution in [2.45, 2.75) is 50.3 Å². The van der Waals surface area contributed by atoms with Gasteiger partial charge in [0.15, 0.2) is 15.6 Å². The van der Waals surface area contributed by atoms with Gasteiger partial charge in [-0.05, 0) is 24.6 Å². The van der Waals surface area contributed by atoms with E-state index in [1.807, 2.05) is 0 Å². The Bertz CT molecular complexity index is 695. The van der Waals surface area contributed by atoms with Crippen LogP contribution in [0.5, 0.6) is 0 Å². The quantitative estimate of drug-likeness (QED) is 0.740. The first kappa shape index (κ1) is 17.7. The Morgan fingerprint density at radius 3 is 2.57 bits per heavy atom. The smallest absolute Gasteiger partial charge is 0.251 e. The Morgan fingerprint density at radius 1 is 1.13 bits per heavy atom. The first-order valence-corrected chi connectivity index (χ1v) is 9.79. The highest BCUT2D eigenvalue weighted by atomic mass is 32.2. The maximum absolute atomic E-state index is 12.1. The van der Waals surface area contributed by atoms with E-state index in [2.05, 4.69) is 12.2 Å². The molecule has 0 saturated heterocycles.